The predicted molar refractivity (Wildman–Crippen MR) is 76.8 cm³/mol. The Labute approximate surface area is 123 Å². The second-order valence-corrected chi connectivity index (χ2v) is 6.31. The molecule has 20 heavy (non-hydrogen) atoms. The molecule has 0 aliphatic carbocycles. The van der Waals surface area contributed by atoms with Crippen LogP contribution in [-0.4, -0.2) is 28.5 Å². The number of carbonyl (C=O) groups is 2. The standard InChI is InChI=1S/C14H19ClN2O3/c1-14(2,3)6-9(13(19)20)7-17-12(18)11-5-4-10(15)8-16-11/h4-5,8-9H,6-7H2,1-3H3,(H,17,18)(H,19,20). The van der Waals surface area contributed by atoms with Gasteiger partial charge in [-0.2, -0.15) is 0 Å². The van der Waals surface area contributed by atoms with Gasteiger partial charge in [0.05, 0.1) is 10.9 Å². The summed E-state index contributed by atoms with van der Waals surface area (Å²) in [5, 5.41) is 12.2. The molecule has 0 aliphatic heterocycles. The molecular formula is C14H19ClN2O3. The van der Waals surface area contributed by atoms with Crippen molar-refractivity contribution in [1.29, 1.82) is 0 Å². The summed E-state index contributed by atoms with van der Waals surface area (Å²) in [6.07, 6.45) is 1.86. The third-order valence-electron chi connectivity index (χ3n) is 2.68. The molecule has 6 heteroatoms. The number of carbonyl (C=O) groups excluding carboxylic acids is 1. The minimum Gasteiger partial charge on any atom is -0.481 e. The van der Waals surface area contributed by atoms with Gasteiger partial charge in [0.25, 0.3) is 5.91 Å². The number of pyridine rings is 1. The van der Waals surface area contributed by atoms with Crippen LogP contribution in [-0.2, 0) is 4.79 Å². The number of nitrogens with one attached hydrogen (secondary N) is 1. The highest BCUT2D eigenvalue weighted by molar-refractivity contribution is 6.30. The fourth-order valence-corrected chi connectivity index (χ4v) is 1.91. The van der Waals surface area contributed by atoms with E-state index in [0.717, 1.165) is 0 Å². The molecule has 0 spiro atoms. The van der Waals surface area contributed by atoms with Crippen LogP contribution in [0.15, 0.2) is 18.3 Å². The summed E-state index contributed by atoms with van der Waals surface area (Å²) in [5.74, 6) is -1.93. The van der Waals surface area contributed by atoms with Crippen molar-refractivity contribution in [3.63, 3.8) is 0 Å². The SMILES string of the molecule is CC(C)(C)CC(CNC(=O)c1ccc(Cl)cn1)C(=O)O. The average Bonchev–Trinajstić information content (AvgIpc) is 2.33. The zero-order valence-electron chi connectivity index (χ0n) is 11.8. The smallest absolute Gasteiger partial charge is 0.308 e. The number of carboxylic acid groups (broad SMARTS) is 1. The Balaban J connectivity index is 2.61. The number of carboxylic acids is 1. The van der Waals surface area contributed by atoms with E-state index < -0.39 is 17.8 Å². The predicted octanol–water partition coefficient (Wildman–Crippen LogP) is 2.60. The van der Waals surface area contributed by atoms with Gasteiger partial charge in [0, 0.05) is 12.7 Å². The molecule has 110 valence electrons. The summed E-state index contributed by atoms with van der Waals surface area (Å²) in [7, 11) is 0. The van der Waals surface area contributed by atoms with E-state index in [2.05, 4.69) is 10.3 Å². The molecule has 0 aliphatic rings. The molecule has 5 nitrogen and oxygen atoms in total. The third kappa shape index (κ3) is 5.57. The van der Waals surface area contributed by atoms with Crippen molar-refractivity contribution in [1.82, 2.24) is 10.3 Å². The van der Waals surface area contributed by atoms with Gasteiger partial charge in [-0.25, -0.2) is 4.98 Å². The molecule has 0 radical (unpaired) electrons. The molecule has 1 aromatic rings. The molecule has 0 saturated heterocycles. The highest BCUT2D eigenvalue weighted by atomic mass is 35.5. The van der Waals surface area contributed by atoms with E-state index in [1.807, 2.05) is 20.8 Å². The molecule has 1 rings (SSSR count). The lowest BCUT2D eigenvalue weighted by Crippen LogP contribution is -2.35. The Morgan fingerprint density at radius 2 is 2.05 bits per heavy atom. The molecule has 0 bridgehead atoms. The van der Waals surface area contributed by atoms with Crippen LogP contribution < -0.4 is 5.32 Å². The van der Waals surface area contributed by atoms with Crippen LogP contribution in [0.25, 0.3) is 0 Å². The lowest BCUT2D eigenvalue weighted by atomic mass is 9.84. The molecule has 1 heterocycles. The topological polar surface area (TPSA) is 79.3 Å². The third-order valence-corrected chi connectivity index (χ3v) is 2.90. The number of rotatable bonds is 5. The summed E-state index contributed by atoms with van der Waals surface area (Å²) in [6.45, 7) is 5.97. The monoisotopic (exact) mass is 298 g/mol. The molecule has 0 aromatic carbocycles. The van der Waals surface area contributed by atoms with Crippen molar-refractivity contribution in [2.75, 3.05) is 6.54 Å². The molecule has 2 N–H and O–H groups in total. The zero-order chi connectivity index (χ0) is 15.3. The lowest BCUT2D eigenvalue weighted by Gasteiger charge is -2.23. The Morgan fingerprint density at radius 1 is 1.40 bits per heavy atom. The maximum atomic E-state index is 11.8. The maximum absolute atomic E-state index is 11.8. The normalized spacial score (nSPS) is 12.8. The molecule has 1 amide bonds. The van der Waals surface area contributed by atoms with Crippen molar-refractivity contribution < 1.29 is 14.7 Å². The molecular weight excluding hydrogens is 280 g/mol. The van der Waals surface area contributed by atoms with E-state index in [1.54, 1.807) is 6.07 Å². The van der Waals surface area contributed by atoms with Crippen LogP contribution in [0.5, 0.6) is 0 Å². The minimum atomic E-state index is -0.913. The Kier molecular flexibility index (Phi) is 5.51. The summed E-state index contributed by atoms with van der Waals surface area (Å²) in [5.41, 5.74) is 0.0982. The van der Waals surface area contributed by atoms with Crippen LogP contribution in [0, 0.1) is 11.3 Å². The van der Waals surface area contributed by atoms with E-state index in [-0.39, 0.29) is 17.7 Å². The number of aliphatic carboxylic acids is 1. The van der Waals surface area contributed by atoms with Crippen LogP contribution in [0.3, 0.4) is 0 Å². The Hall–Kier alpha value is -1.62. The summed E-state index contributed by atoms with van der Waals surface area (Å²) in [4.78, 5) is 26.9. The Bertz CT molecular complexity index is 480. The van der Waals surface area contributed by atoms with Crippen LogP contribution in [0.4, 0.5) is 0 Å². The number of amides is 1. The summed E-state index contributed by atoms with van der Waals surface area (Å²) < 4.78 is 0. The van der Waals surface area contributed by atoms with Crippen molar-refractivity contribution in [2.45, 2.75) is 27.2 Å². The Morgan fingerprint density at radius 3 is 2.50 bits per heavy atom. The van der Waals surface area contributed by atoms with Gasteiger partial charge in [0.15, 0.2) is 0 Å². The first kappa shape index (κ1) is 16.4. The maximum Gasteiger partial charge on any atom is 0.308 e. The van der Waals surface area contributed by atoms with Gasteiger partial charge in [-0.15, -0.1) is 0 Å². The van der Waals surface area contributed by atoms with Crippen molar-refractivity contribution in [2.24, 2.45) is 11.3 Å². The van der Waals surface area contributed by atoms with E-state index in [0.29, 0.717) is 11.4 Å². The highest BCUT2D eigenvalue weighted by Crippen LogP contribution is 2.24. The van der Waals surface area contributed by atoms with Gasteiger partial charge in [-0.05, 0) is 24.0 Å². The van der Waals surface area contributed by atoms with Gasteiger partial charge in [-0.3, -0.25) is 9.59 Å². The zero-order valence-corrected chi connectivity index (χ0v) is 12.6. The van der Waals surface area contributed by atoms with Gasteiger partial charge in [0.2, 0.25) is 0 Å². The average molecular weight is 299 g/mol. The van der Waals surface area contributed by atoms with Crippen molar-refractivity contribution in [3.8, 4) is 0 Å². The van der Waals surface area contributed by atoms with Crippen LogP contribution in [0.2, 0.25) is 5.02 Å². The first-order chi connectivity index (χ1) is 9.19. The van der Waals surface area contributed by atoms with Crippen molar-refractivity contribution in [3.05, 3.63) is 29.0 Å². The van der Waals surface area contributed by atoms with Gasteiger partial charge >= 0.3 is 5.97 Å². The fraction of sp³-hybridized carbons (Fsp3) is 0.500. The van der Waals surface area contributed by atoms with E-state index in [4.69, 9.17) is 11.6 Å². The number of hydrogen-bond donors (Lipinski definition) is 2. The quantitative estimate of drug-likeness (QED) is 0.875. The first-order valence-electron chi connectivity index (χ1n) is 6.31. The highest BCUT2D eigenvalue weighted by Gasteiger charge is 2.25. The minimum absolute atomic E-state index is 0.0791. The molecule has 0 fully saturated rings. The fourth-order valence-electron chi connectivity index (χ4n) is 1.80. The molecule has 1 atom stereocenters. The largest absolute Gasteiger partial charge is 0.481 e. The number of halogens is 1. The van der Waals surface area contributed by atoms with Crippen LogP contribution >= 0.6 is 11.6 Å². The molecule has 0 saturated carbocycles. The summed E-state index contributed by atoms with van der Waals surface area (Å²) >= 11 is 5.69. The lowest BCUT2D eigenvalue weighted by molar-refractivity contribution is -0.142. The van der Waals surface area contributed by atoms with E-state index >= 15 is 0 Å². The first-order valence-corrected chi connectivity index (χ1v) is 6.69. The summed E-state index contributed by atoms with van der Waals surface area (Å²) in [6, 6.07) is 3.06. The second kappa shape index (κ2) is 6.70. The molecule has 1 aromatic heterocycles. The number of nitrogens with zero attached hydrogens (tertiary/aromatic N) is 1. The van der Waals surface area contributed by atoms with Gasteiger partial charge in [-0.1, -0.05) is 32.4 Å². The number of aromatic nitrogens is 1. The van der Waals surface area contributed by atoms with E-state index in [9.17, 15) is 14.7 Å². The number of hydrogen-bond acceptors (Lipinski definition) is 3. The van der Waals surface area contributed by atoms with Gasteiger partial charge < -0.3 is 10.4 Å². The molecule has 1 unspecified atom stereocenters. The van der Waals surface area contributed by atoms with E-state index in [1.165, 1.54) is 12.3 Å². The second-order valence-electron chi connectivity index (χ2n) is 5.87. The van der Waals surface area contributed by atoms with Crippen LogP contribution in [0.1, 0.15) is 37.7 Å². The van der Waals surface area contributed by atoms with Crippen molar-refractivity contribution >= 4 is 23.5 Å². The van der Waals surface area contributed by atoms with Gasteiger partial charge in [0.1, 0.15) is 5.69 Å².